The van der Waals surface area contributed by atoms with E-state index < -0.39 is 23.3 Å². The molecule has 24 heavy (non-hydrogen) atoms. The fourth-order valence-electron chi connectivity index (χ4n) is 2.48. The van der Waals surface area contributed by atoms with Gasteiger partial charge in [0.15, 0.2) is 6.04 Å². The smallest absolute Gasteiger partial charge is 0.330 e. The molecular formula is C18H14N2O4. The van der Waals surface area contributed by atoms with Gasteiger partial charge in [0.25, 0.3) is 5.91 Å². The summed E-state index contributed by atoms with van der Waals surface area (Å²) in [5, 5.41) is 12.1. The molecular weight excluding hydrogens is 308 g/mol. The number of para-hydroxylation sites is 1. The number of amides is 1. The second-order valence-electron chi connectivity index (χ2n) is 5.23. The lowest BCUT2D eigenvalue weighted by Gasteiger charge is -2.14. The minimum absolute atomic E-state index is 0.129. The molecule has 120 valence electrons. The number of fused-ring (bicyclic) bond motifs is 1. The van der Waals surface area contributed by atoms with Crippen LogP contribution in [0.3, 0.4) is 0 Å². The van der Waals surface area contributed by atoms with Crippen molar-refractivity contribution in [3.05, 3.63) is 82.1 Å². The number of pyridine rings is 1. The molecule has 1 atom stereocenters. The summed E-state index contributed by atoms with van der Waals surface area (Å²) in [6, 6.07) is 13.9. The molecule has 2 aromatic carbocycles. The summed E-state index contributed by atoms with van der Waals surface area (Å²) >= 11 is 0. The van der Waals surface area contributed by atoms with Crippen molar-refractivity contribution < 1.29 is 14.7 Å². The Bertz CT molecular complexity index is 963. The van der Waals surface area contributed by atoms with Gasteiger partial charge in [0.1, 0.15) is 5.56 Å². The van der Waals surface area contributed by atoms with Crippen LogP contribution in [0.2, 0.25) is 0 Å². The summed E-state index contributed by atoms with van der Waals surface area (Å²) in [7, 11) is 0. The van der Waals surface area contributed by atoms with Gasteiger partial charge in [-0.25, -0.2) is 4.79 Å². The van der Waals surface area contributed by atoms with Crippen LogP contribution in [0.15, 0.2) is 65.6 Å². The molecule has 0 saturated carbocycles. The zero-order valence-corrected chi connectivity index (χ0v) is 12.5. The quantitative estimate of drug-likeness (QED) is 0.685. The third-order valence-corrected chi connectivity index (χ3v) is 3.69. The van der Waals surface area contributed by atoms with E-state index in [1.807, 2.05) is 0 Å². The number of carbonyl (C=O) groups is 2. The number of carbonyl (C=O) groups excluding carboxylic acids is 1. The van der Waals surface area contributed by atoms with Crippen molar-refractivity contribution in [3.63, 3.8) is 0 Å². The molecule has 0 aliphatic heterocycles. The third-order valence-electron chi connectivity index (χ3n) is 3.69. The first-order valence-corrected chi connectivity index (χ1v) is 7.27. The Morgan fingerprint density at radius 1 is 1.00 bits per heavy atom. The lowest BCUT2D eigenvalue weighted by molar-refractivity contribution is -0.139. The van der Waals surface area contributed by atoms with Crippen molar-refractivity contribution in [1.82, 2.24) is 10.3 Å². The highest BCUT2D eigenvalue weighted by molar-refractivity contribution is 5.99. The molecule has 1 heterocycles. The molecule has 1 amide bonds. The van der Waals surface area contributed by atoms with E-state index in [1.165, 1.54) is 6.20 Å². The molecule has 0 aliphatic rings. The first-order chi connectivity index (χ1) is 11.6. The van der Waals surface area contributed by atoms with Crippen molar-refractivity contribution in [3.8, 4) is 0 Å². The highest BCUT2D eigenvalue weighted by Gasteiger charge is 2.24. The molecule has 1 aromatic heterocycles. The number of aliphatic carboxylic acids is 1. The van der Waals surface area contributed by atoms with Crippen molar-refractivity contribution in [2.45, 2.75) is 6.04 Å². The van der Waals surface area contributed by atoms with Gasteiger partial charge in [0.05, 0.1) is 0 Å². The van der Waals surface area contributed by atoms with Crippen LogP contribution < -0.4 is 10.7 Å². The number of aromatic nitrogens is 1. The number of benzene rings is 2. The zero-order chi connectivity index (χ0) is 17.1. The summed E-state index contributed by atoms with van der Waals surface area (Å²) in [6.07, 6.45) is 1.30. The van der Waals surface area contributed by atoms with Gasteiger partial charge >= 0.3 is 5.97 Å². The van der Waals surface area contributed by atoms with Crippen LogP contribution in [0.1, 0.15) is 22.0 Å². The number of aromatic amines is 1. The first kappa shape index (κ1) is 15.5. The Morgan fingerprint density at radius 2 is 1.67 bits per heavy atom. The van der Waals surface area contributed by atoms with E-state index in [0.29, 0.717) is 16.5 Å². The Labute approximate surface area is 136 Å². The molecule has 0 saturated heterocycles. The zero-order valence-electron chi connectivity index (χ0n) is 12.5. The largest absolute Gasteiger partial charge is 0.479 e. The fraction of sp³-hybridized carbons (Fsp3) is 0.0556. The van der Waals surface area contributed by atoms with Crippen LogP contribution in [0.4, 0.5) is 0 Å². The number of H-pyrrole nitrogens is 1. The van der Waals surface area contributed by atoms with E-state index in [0.717, 1.165) is 0 Å². The normalized spacial score (nSPS) is 11.8. The predicted molar refractivity (Wildman–Crippen MR) is 88.9 cm³/mol. The summed E-state index contributed by atoms with van der Waals surface area (Å²) < 4.78 is 0. The molecule has 0 aliphatic carbocycles. The monoisotopic (exact) mass is 322 g/mol. The van der Waals surface area contributed by atoms with E-state index in [-0.39, 0.29) is 5.56 Å². The maximum atomic E-state index is 12.4. The highest BCUT2D eigenvalue weighted by atomic mass is 16.4. The topological polar surface area (TPSA) is 99.3 Å². The molecule has 0 bridgehead atoms. The molecule has 1 unspecified atom stereocenters. The number of carboxylic acids is 1. The lowest BCUT2D eigenvalue weighted by Crippen LogP contribution is -2.36. The number of hydrogen-bond acceptors (Lipinski definition) is 3. The van der Waals surface area contributed by atoms with Crippen molar-refractivity contribution in [2.24, 2.45) is 0 Å². The lowest BCUT2D eigenvalue weighted by atomic mass is 10.1. The minimum atomic E-state index is -1.23. The predicted octanol–water partition coefficient (Wildman–Crippen LogP) is 2.08. The van der Waals surface area contributed by atoms with E-state index >= 15 is 0 Å². The van der Waals surface area contributed by atoms with Crippen LogP contribution >= 0.6 is 0 Å². The minimum Gasteiger partial charge on any atom is -0.479 e. The molecule has 3 aromatic rings. The Hall–Kier alpha value is -3.41. The Balaban J connectivity index is 1.96. The maximum Gasteiger partial charge on any atom is 0.330 e. The van der Waals surface area contributed by atoms with Crippen LogP contribution in [0.5, 0.6) is 0 Å². The fourth-order valence-corrected chi connectivity index (χ4v) is 2.48. The Morgan fingerprint density at radius 3 is 2.38 bits per heavy atom. The molecule has 6 nitrogen and oxygen atoms in total. The van der Waals surface area contributed by atoms with E-state index in [2.05, 4.69) is 10.3 Å². The van der Waals surface area contributed by atoms with Crippen LogP contribution in [0.25, 0.3) is 10.9 Å². The average Bonchev–Trinajstić information content (AvgIpc) is 2.60. The molecule has 0 radical (unpaired) electrons. The Kier molecular flexibility index (Phi) is 4.11. The number of hydrogen-bond donors (Lipinski definition) is 3. The van der Waals surface area contributed by atoms with Crippen LogP contribution in [-0.4, -0.2) is 22.0 Å². The van der Waals surface area contributed by atoms with Crippen molar-refractivity contribution in [1.29, 1.82) is 0 Å². The first-order valence-electron chi connectivity index (χ1n) is 7.27. The van der Waals surface area contributed by atoms with Crippen molar-refractivity contribution in [2.75, 3.05) is 0 Å². The van der Waals surface area contributed by atoms with Crippen molar-refractivity contribution >= 4 is 22.8 Å². The maximum absolute atomic E-state index is 12.4. The third kappa shape index (κ3) is 2.89. The van der Waals surface area contributed by atoms with Gasteiger partial charge in [-0.15, -0.1) is 0 Å². The summed E-state index contributed by atoms with van der Waals surface area (Å²) in [5.74, 6) is -1.94. The van der Waals surface area contributed by atoms with Gasteiger partial charge < -0.3 is 15.4 Å². The molecule has 6 heteroatoms. The highest BCUT2D eigenvalue weighted by Crippen LogP contribution is 2.14. The van der Waals surface area contributed by atoms with Gasteiger partial charge in [0.2, 0.25) is 5.43 Å². The number of rotatable bonds is 4. The molecule has 3 rings (SSSR count). The van der Waals surface area contributed by atoms with Crippen LogP contribution in [-0.2, 0) is 4.79 Å². The second kappa shape index (κ2) is 6.37. The average molecular weight is 322 g/mol. The SMILES string of the molecule is O=C(NC(C(=O)O)c1ccccc1)c1c[nH]c2ccccc2c1=O. The van der Waals surface area contributed by atoms with Gasteiger partial charge in [-0.3, -0.25) is 9.59 Å². The van der Waals surface area contributed by atoms with Gasteiger partial charge in [-0.1, -0.05) is 42.5 Å². The number of nitrogens with one attached hydrogen (secondary N) is 2. The second-order valence-corrected chi connectivity index (χ2v) is 5.23. The van der Waals surface area contributed by atoms with E-state index in [4.69, 9.17) is 0 Å². The van der Waals surface area contributed by atoms with Gasteiger partial charge in [-0.2, -0.15) is 0 Å². The summed E-state index contributed by atoms with van der Waals surface area (Å²) in [5.41, 5.74) is 0.461. The molecule has 3 N–H and O–H groups in total. The summed E-state index contributed by atoms with van der Waals surface area (Å²) in [6.45, 7) is 0. The standard InChI is InChI=1S/C18H14N2O4/c21-16-12-8-4-5-9-14(12)19-10-13(16)17(22)20-15(18(23)24)11-6-2-1-3-7-11/h1-10,15H,(H,19,21)(H,20,22)(H,23,24). The van der Waals surface area contributed by atoms with Gasteiger partial charge in [0, 0.05) is 17.1 Å². The molecule has 0 spiro atoms. The number of carboxylic acid groups (broad SMARTS) is 1. The van der Waals surface area contributed by atoms with Gasteiger partial charge in [-0.05, 0) is 17.7 Å². The summed E-state index contributed by atoms with van der Waals surface area (Å²) in [4.78, 5) is 39.2. The van der Waals surface area contributed by atoms with E-state index in [9.17, 15) is 19.5 Å². The van der Waals surface area contributed by atoms with Crippen LogP contribution in [0, 0.1) is 0 Å². The molecule has 0 fully saturated rings. The van der Waals surface area contributed by atoms with E-state index in [1.54, 1.807) is 54.6 Å².